The number of hydrogen-bond acceptors (Lipinski definition) is 4. The summed E-state index contributed by atoms with van der Waals surface area (Å²) < 4.78 is 32.6. The van der Waals surface area contributed by atoms with E-state index in [9.17, 15) is 8.42 Å². The number of hydrogen-bond donors (Lipinski definition) is 1. The average molecular weight is 356 g/mol. The number of ether oxygens (including phenoxy) is 1. The van der Waals surface area contributed by atoms with E-state index < -0.39 is 10.0 Å². The molecule has 1 heterocycles. The third kappa shape index (κ3) is 4.97. The van der Waals surface area contributed by atoms with E-state index in [4.69, 9.17) is 4.74 Å². The second-order valence-corrected chi connectivity index (χ2v) is 8.71. The van der Waals surface area contributed by atoms with E-state index in [1.807, 2.05) is 0 Å². The third-order valence-corrected chi connectivity index (χ3v) is 5.39. The number of halogens is 1. The molecule has 7 heteroatoms. The molecule has 0 saturated heterocycles. The second-order valence-electron chi connectivity index (χ2n) is 4.34. The molecule has 104 valence electrons. The first-order valence-electron chi connectivity index (χ1n) is 5.66. The van der Waals surface area contributed by atoms with Gasteiger partial charge in [0.15, 0.2) is 0 Å². The summed E-state index contributed by atoms with van der Waals surface area (Å²) in [4.78, 5) is 1.11. The van der Waals surface area contributed by atoms with E-state index >= 15 is 0 Å². The van der Waals surface area contributed by atoms with Crippen LogP contribution in [0.5, 0.6) is 0 Å². The van der Waals surface area contributed by atoms with Gasteiger partial charge in [0.05, 0.1) is 15.3 Å². The van der Waals surface area contributed by atoms with Gasteiger partial charge < -0.3 is 4.74 Å². The Morgan fingerprint density at radius 2 is 2.17 bits per heavy atom. The highest BCUT2D eigenvalue weighted by atomic mass is 79.9. The van der Waals surface area contributed by atoms with Gasteiger partial charge in [-0.05, 0) is 34.8 Å². The quantitative estimate of drug-likeness (QED) is 0.765. The summed E-state index contributed by atoms with van der Waals surface area (Å²) in [6, 6.07) is 1.62. The summed E-state index contributed by atoms with van der Waals surface area (Å²) in [5.41, 5.74) is 0. The number of aryl methyl sites for hydroxylation is 1. The minimum Gasteiger partial charge on any atom is -0.380 e. The van der Waals surface area contributed by atoms with Gasteiger partial charge in [-0.2, -0.15) is 0 Å². The van der Waals surface area contributed by atoms with Crippen LogP contribution in [-0.2, 0) is 14.8 Å². The predicted octanol–water partition coefficient (Wildman–Crippen LogP) is 2.77. The molecule has 1 aromatic rings. The van der Waals surface area contributed by atoms with E-state index in [1.54, 1.807) is 13.0 Å². The summed E-state index contributed by atoms with van der Waals surface area (Å²) in [5, 5.41) is 0. The van der Waals surface area contributed by atoms with Crippen molar-refractivity contribution in [2.45, 2.75) is 25.7 Å². The zero-order valence-electron chi connectivity index (χ0n) is 10.7. The first kappa shape index (κ1) is 16.1. The Balaban J connectivity index is 2.48. The van der Waals surface area contributed by atoms with Gasteiger partial charge in [0.2, 0.25) is 10.0 Å². The van der Waals surface area contributed by atoms with Crippen LogP contribution in [0.4, 0.5) is 0 Å². The van der Waals surface area contributed by atoms with Crippen LogP contribution in [0, 0.1) is 12.8 Å². The van der Waals surface area contributed by atoms with Gasteiger partial charge in [-0.3, -0.25) is 0 Å². The topological polar surface area (TPSA) is 55.4 Å². The van der Waals surface area contributed by atoms with E-state index in [-0.39, 0.29) is 0 Å². The molecule has 0 aliphatic rings. The predicted molar refractivity (Wildman–Crippen MR) is 77.6 cm³/mol. The highest BCUT2D eigenvalue weighted by molar-refractivity contribution is 9.11. The van der Waals surface area contributed by atoms with Crippen molar-refractivity contribution >= 4 is 37.3 Å². The van der Waals surface area contributed by atoms with Crippen LogP contribution >= 0.6 is 27.3 Å². The lowest BCUT2D eigenvalue weighted by atomic mass is 10.2. The van der Waals surface area contributed by atoms with Crippen LogP contribution in [0.25, 0.3) is 0 Å². The molecule has 0 saturated carbocycles. The summed E-state index contributed by atoms with van der Waals surface area (Å²) in [5.74, 6) is 0.455. The van der Waals surface area contributed by atoms with Crippen LogP contribution in [0.1, 0.15) is 18.7 Å². The lowest BCUT2D eigenvalue weighted by molar-refractivity contribution is 0.114. The average Bonchev–Trinajstić information content (AvgIpc) is 2.57. The molecule has 0 unspecified atom stereocenters. The largest absolute Gasteiger partial charge is 0.380 e. The zero-order valence-corrected chi connectivity index (χ0v) is 13.9. The molecule has 0 amide bonds. The van der Waals surface area contributed by atoms with Crippen molar-refractivity contribution in [3.05, 3.63) is 14.7 Å². The summed E-state index contributed by atoms with van der Waals surface area (Å²) in [7, 11) is -3.42. The summed E-state index contributed by atoms with van der Waals surface area (Å²) in [6.07, 6.45) is 0. The standard InChI is InChI=1S/C11H18BrNO3S2/c1-8(2)7-16-5-4-13-18(14,15)10-6-11(12)17-9(10)3/h6,8,13H,4-5,7H2,1-3H3. The van der Waals surface area contributed by atoms with Gasteiger partial charge in [0, 0.05) is 18.0 Å². The Bertz CT molecular complexity index is 482. The molecule has 18 heavy (non-hydrogen) atoms. The van der Waals surface area contributed by atoms with E-state index in [2.05, 4.69) is 34.5 Å². The van der Waals surface area contributed by atoms with Crippen molar-refractivity contribution in [3.63, 3.8) is 0 Å². The highest BCUT2D eigenvalue weighted by Crippen LogP contribution is 2.29. The first-order chi connectivity index (χ1) is 8.33. The van der Waals surface area contributed by atoms with Crippen LogP contribution in [-0.4, -0.2) is 28.2 Å². The smallest absolute Gasteiger partial charge is 0.241 e. The lowest BCUT2D eigenvalue weighted by Gasteiger charge is -2.08. The minimum absolute atomic E-state index is 0.294. The fraction of sp³-hybridized carbons (Fsp3) is 0.636. The van der Waals surface area contributed by atoms with Crippen molar-refractivity contribution in [1.29, 1.82) is 0 Å². The van der Waals surface area contributed by atoms with E-state index in [0.717, 1.165) is 8.66 Å². The Kier molecular flexibility index (Phi) is 6.26. The SMILES string of the molecule is Cc1sc(Br)cc1S(=O)(=O)NCCOCC(C)C. The van der Waals surface area contributed by atoms with Gasteiger partial charge >= 0.3 is 0 Å². The molecular weight excluding hydrogens is 338 g/mol. The molecule has 0 aliphatic heterocycles. The Morgan fingerprint density at radius 3 is 2.67 bits per heavy atom. The monoisotopic (exact) mass is 355 g/mol. The molecule has 4 nitrogen and oxygen atoms in total. The maximum atomic E-state index is 12.0. The maximum Gasteiger partial charge on any atom is 0.241 e. The van der Waals surface area contributed by atoms with Crippen LogP contribution < -0.4 is 4.72 Å². The van der Waals surface area contributed by atoms with Crippen molar-refractivity contribution in [3.8, 4) is 0 Å². The minimum atomic E-state index is -3.42. The maximum absolute atomic E-state index is 12.0. The molecule has 0 aromatic carbocycles. The Morgan fingerprint density at radius 1 is 1.50 bits per heavy atom. The van der Waals surface area contributed by atoms with Gasteiger partial charge in [-0.25, -0.2) is 13.1 Å². The highest BCUT2D eigenvalue weighted by Gasteiger charge is 2.18. The van der Waals surface area contributed by atoms with Crippen LogP contribution in [0.15, 0.2) is 14.7 Å². The van der Waals surface area contributed by atoms with Crippen molar-refractivity contribution in [2.24, 2.45) is 5.92 Å². The number of nitrogens with one attached hydrogen (secondary N) is 1. The fourth-order valence-corrected chi connectivity index (χ4v) is 4.77. The van der Waals surface area contributed by atoms with Crippen LogP contribution in [0.2, 0.25) is 0 Å². The third-order valence-electron chi connectivity index (χ3n) is 2.12. The van der Waals surface area contributed by atoms with Gasteiger partial charge in [-0.1, -0.05) is 13.8 Å². The van der Waals surface area contributed by atoms with Crippen molar-refractivity contribution in [2.75, 3.05) is 19.8 Å². The fourth-order valence-electron chi connectivity index (χ4n) is 1.34. The molecule has 0 aliphatic carbocycles. The van der Waals surface area contributed by atoms with Gasteiger partial charge in [0.25, 0.3) is 0 Å². The normalized spacial score (nSPS) is 12.3. The van der Waals surface area contributed by atoms with Crippen molar-refractivity contribution < 1.29 is 13.2 Å². The Labute approximate surface area is 121 Å². The van der Waals surface area contributed by atoms with Gasteiger partial charge in [0.1, 0.15) is 0 Å². The molecule has 1 N–H and O–H groups in total. The molecule has 0 fully saturated rings. The first-order valence-corrected chi connectivity index (χ1v) is 8.75. The molecule has 1 rings (SSSR count). The summed E-state index contributed by atoms with van der Waals surface area (Å²) >= 11 is 4.70. The van der Waals surface area contributed by atoms with E-state index in [0.29, 0.717) is 30.6 Å². The molecular formula is C11H18BrNO3S2. The molecule has 0 atom stereocenters. The van der Waals surface area contributed by atoms with Crippen molar-refractivity contribution in [1.82, 2.24) is 4.72 Å². The number of thiophene rings is 1. The summed E-state index contributed by atoms with van der Waals surface area (Å²) in [6.45, 7) is 7.22. The molecule has 0 radical (unpaired) electrons. The Hall–Kier alpha value is 0.0500. The second kappa shape index (κ2) is 7.00. The molecule has 1 aromatic heterocycles. The van der Waals surface area contributed by atoms with E-state index in [1.165, 1.54) is 11.3 Å². The molecule has 0 spiro atoms. The molecule has 0 bridgehead atoms. The lowest BCUT2D eigenvalue weighted by Crippen LogP contribution is -2.28. The zero-order chi connectivity index (χ0) is 13.8. The van der Waals surface area contributed by atoms with Gasteiger partial charge in [-0.15, -0.1) is 11.3 Å². The number of sulfonamides is 1. The number of rotatable bonds is 7. The van der Waals surface area contributed by atoms with Crippen LogP contribution in [0.3, 0.4) is 0 Å².